The van der Waals surface area contributed by atoms with Crippen molar-refractivity contribution in [3.63, 3.8) is 0 Å². The molecule has 4 rings (SSSR count). The Labute approximate surface area is 192 Å². The van der Waals surface area contributed by atoms with Crippen LogP contribution in [0.25, 0.3) is 0 Å². The molecule has 0 bridgehead atoms. The van der Waals surface area contributed by atoms with Gasteiger partial charge in [0.25, 0.3) is 5.91 Å². The molecule has 2 saturated heterocycles. The number of sulfonamides is 1. The van der Waals surface area contributed by atoms with E-state index in [1.165, 1.54) is 16.4 Å². The molecule has 0 aliphatic carbocycles. The molecule has 32 heavy (non-hydrogen) atoms. The molecule has 1 spiro atoms. The molecule has 0 aromatic heterocycles. The lowest BCUT2D eigenvalue weighted by atomic mass is 10.0. The number of rotatable bonds is 6. The van der Waals surface area contributed by atoms with Gasteiger partial charge in [-0.1, -0.05) is 23.7 Å². The second kappa shape index (κ2) is 9.27. The van der Waals surface area contributed by atoms with Crippen LogP contribution >= 0.6 is 11.6 Å². The molecule has 2 aliphatic heterocycles. The number of hydrogen-bond acceptors (Lipinski definition) is 6. The van der Waals surface area contributed by atoms with Crippen molar-refractivity contribution < 1.29 is 27.4 Å². The predicted molar refractivity (Wildman–Crippen MR) is 118 cm³/mol. The third-order valence-electron chi connectivity index (χ3n) is 5.84. The van der Waals surface area contributed by atoms with E-state index in [2.05, 4.69) is 0 Å². The lowest BCUT2D eigenvalue weighted by molar-refractivity contribution is -0.142. The Morgan fingerprint density at radius 1 is 1.06 bits per heavy atom. The average molecular weight is 481 g/mol. The maximum absolute atomic E-state index is 13.2. The number of piperidine rings is 1. The summed E-state index contributed by atoms with van der Waals surface area (Å²) in [7, 11) is -2.21. The number of likely N-dealkylation sites (tertiary alicyclic amines) is 1. The molecule has 1 amide bonds. The molecule has 0 saturated carbocycles. The normalized spacial score (nSPS) is 18.6. The Morgan fingerprint density at radius 2 is 1.72 bits per heavy atom. The summed E-state index contributed by atoms with van der Waals surface area (Å²) in [6.07, 6.45) is 0.778. The van der Waals surface area contributed by atoms with Gasteiger partial charge in [0.1, 0.15) is 5.72 Å². The van der Waals surface area contributed by atoms with E-state index in [9.17, 15) is 13.2 Å². The van der Waals surface area contributed by atoms with Gasteiger partial charge in [-0.05, 0) is 36.4 Å². The topological polar surface area (TPSA) is 85.4 Å². The van der Waals surface area contributed by atoms with E-state index in [1.54, 1.807) is 42.3 Å². The fourth-order valence-corrected chi connectivity index (χ4v) is 5.98. The Hall–Kier alpha value is -2.33. The molecule has 0 radical (unpaired) electrons. The highest BCUT2D eigenvalue weighted by molar-refractivity contribution is 7.89. The van der Waals surface area contributed by atoms with Crippen molar-refractivity contribution in [3.8, 4) is 11.5 Å². The van der Waals surface area contributed by atoms with E-state index in [0.717, 1.165) is 0 Å². The van der Waals surface area contributed by atoms with Gasteiger partial charge in [0.2, 0.25) is 10.0 Å². The Bertz CT molecular complexity index is 1070. The largest absolute Gasteiger partial charge is 0.493 e. The first kappa shape index (κ1) is 22.8. The average Bonchev–Trinajstić information content (AvgIpc) is 3.22. The van der Waals surface area contributed by atoms with Gasteiger partial charge < -0.3 is 19.1 Å². The molecule has 172 valence electrons. The molecule has 2 aromatic rings. The van der Waals surface area contributed by atoms with Gasteiger partial charge in [-0.3, -0.25) is 4.79 Å². The summed E-state index contributed by atoms with van der Waals surface area (Å²) >= 11 is 5.90. The van der Waals surface area contributed by atoms with Crippen LogP contribution in [0, 0.1) is 0 Å². The van der Waals surface area contributed by atoms with Crippen LogP contribution in [0.4, 0.5) is 0 Å². The summed E-state index contributed by atoms with van der Waals surface area (Å²) in [6, 6.07) is 13.2. The maximum Gasteiger partial charge on any atom is 0.260 e. The molecule has 10 heteroatoms. The smallest absolute Gasteiger partial charge is 0.260 e. The number of halogens is 1. The van der Waals surface area contributed by atoms with Crippen molar-refractivity contribution in [2.45, 2.75) is 23.5 Å². The minimum absolute atomic E-state index is 0.124. The van der Waals surface area contributed by atoms with Crippen molar-refractivity contribution in [3.05, 3.63) is 53.6 Å². The number of amides is 1. The summed E-state index contributed by atoms with van der Waals surface area (Å²) in [5.41, 5.74) is -0.946. The fraction of sp³-hybridized carbons (Fsp3) is 0.409. The zero-order valence-electron chi connectivity index (χ0n) is 17.7. The fourth-order valence-electron chi connectivity index (χ4n) is 4.14. The third-order valence-corrected chi connectivity index (χ3v) is 8.05. The van der Waals surface area contributed by atoms with E-state index in [4.69, 9.17) is 25.8 Å². The van der Waals surface area contributed by atoms with Crippen LogP contribution in [0.3, 0.4) is 0 Å². The number of methoxy groups -OCH3 is 1. The van der Waals surface area contributed by atoms with Crippen LogP contribution in [0.1, 0.15) is 12.8 Å². The summed E-state index contributed by atoms with van der Waals surface area (Å²) in [6.45, 7) is 1.22. The second-order valence-electron chi connectivity index (χ2n) is 7.65. The highest BCUT2D eigenvalue weighted by Crippen LogP contribution is 2.38. The van der Waals surface area contributed by atoms with Crippen LogP contribution < -0.4 is 9.47 Å². The SMILES string of the molecule is COc1ccccc1OCC(=O)N1CCC2(CC1)OCCN2S(=O)(=O)c1ccc(Cl)cc1. The molecule has 8 nitrogen and oxygen atoms in total. The van der Waals surface area contributed by atoms with Crippen molar-refractivity contribution in [2.24, 2.45) is 0 Å². The van der Waals surface area contributed by atoms with Gasteiger partial charge in [0, 0.05) is 37.5 Å². The van der Waals surface area contributed by atoms with Gasteiger partial charge in [-0.15, -0.1) is 0 Å². The number of carbonyl (C=O) groups excluding carboxylic acids is 1. The second-order valence-corrected chi connectivity index (χ2v) is 9.94. The molecule has 0 atom stereocenters. The minimum atomic E-state index is -3.75. The zero-order valence-corrected chi connectivity index (χ0v) is 19.3. The maximum atomic E-state index is 13.2. The highest BCUT2D eigenvalue weighted by atomic mass is 35.5. The van der Waals surface area contributed by atoms with E-state index in [-0.39, 0.29) is 24.0 Å². The van der Waals surface area contributed by atoms with Crippen molar-refractivity contribution in [2.75, 3.05) is 40.0 Å². The highest BCUT2D eigenvalue weighted by Gasteiger charge is 2.50. The zero-order chi connectivity index (χ0) is 22.8. The van der Waals surface area contributed by atoms with E-state index in [0.29, 0.717) is 49.1 Å². The molecule has 2 fully saturated rings. The van der Waals surface area contributed by atoms with Crippen molar-refractivity contribution in [1.29, 1.82) is 0 Å². The third kappa shape index (κ3) is 4.43. The number of benzene rings is 2. The summed E-state index contributed by atoms with van der Waals surface area (Å²) in [4.78, 5) is 14.5. The molecular weight excluding hydrogens is 456 g/mol. The van der Waals surface area contributed by atoms with Gasteiger partial charge >= 0.3 is 0 Å². The van der Waals surface area contributed by atoms with Gasteiger partial charge in [0.05, 0.1) is 18.6 Å². The Morgan fingerprint density at radius 3 is 2.38 bits per heavy atom. The number of para-hydroxylation sites is 2. The van der Waals surface area contributed by atoms with Crippen LogP contribution in [0.5, 0.6) is 11.5 Å². The van der Waals surface area contributed by atoms with Crippen LogP contribution in [0.2, 0.25) is 5.02 Å². The monoisotopic (exact) mass is 480 g/mol. The first-order valence-corrected chi connectivity index (χ1v) is 12.1. The van der Waals surface area contributed by atoms with E-state index >= 15 is 0 Å². The van der Waals surface area contributed by atoms with Crippen LogP contribution in [-0.2, 0) is 19.6 Å². The number of ether oxygens (including phenoxy) is 3. The number of nitrogens with zero attached hydrogens (tertiary/aromatic N) is 2. The molecule has 0 unspecified atom stereocenters. The van der Waals surface area contributed by atoms with Gasteiger partial charge in [0.15, 0.2) is 18.1 Å². The predicted octanol–water partition coefficient (Wildman–Crippen LogP) is 2.77. The van der Waals surface area contributed by atoms with E-state index < -0.39 is 15.7 Å². The summed E-state index contributed by atoms with van der Waals surface area (Å²) in [5, 5.41) is 0.471. The first-order chi connectivity index (χ1) is 15.4. The minimum Gasteiger partial charge on any atom is -0.493 e. The Kier molecular flexibility index (Phi) is 6.62. The molecule has 2 aliphatic rings. The quantitative estimate of drug-likeness (QED) is 0.632. The van der Waals surface area contributed by atoms with Crippen LogP contribution in [0.15, 0.2) is 53.4 Å². The Balaban J connectivity index is 1.40. The summed E-state index contributed by atoms with van der Waals surface area (Å²) in [5.74, 6) is 0.882. The van der Waals surface area contributed by atoms with Crippen molar-refractivity contribution >= 4 is 27.5 Å². The molecule has 2 heterocycles. The number of carbonyl (C=O) groups is 1. The first-order valence-electron chi connectivity index (χ1n) is 10.3. The lowest BCUT2D eigenvalue weighted by Crippen LogP contribution is -2.56. The summed E-state index contributed by atoms with van der Waals surface area (Å²) < 4.78 is 44.7. The van der Waals surface area contributed by atoms with Gasteiger partial charge in [-0.2, -0.15) is 4.31 Å². The van der Waals surface area contributed by atoms with E-state index in [1.807, 2.05) is 6.07 Å². The van der Waals surface area contributed by atoms with Gasteiger partial charge in [-0.25, -0.2) is 8.42 Å². The van der Waals surface area contributed by atoms with Crippen LogP contribution in [-0.4, -0.2) is 69.2 Å². The lowest BCUT2D eigenvalue weighted by Gasteiger charge is -2.42. The molecule has 2 aromatic carbocycles. The molecule has 0 N–H and O–H groups in total. The number of hydrogen-bond donors (Lipinski definition) is 0. The van der Waals surface area contributed by atoms with Crippen molar-refractivity contribution in [1.82, 2.24) is 9.21 Å². The molecular formula is C22H25ClN2O6S. The standard InChI is InChI=1S/C22H25ClN2O6S/c1-29-19-4-2-3-5-20(19)30-16-21(26)24-12-10-22(11-13-24)25(14-15-31-22)32(27,28)18-8-6-17(23)7-9-18/h2-9H,10-16H2,1H3.